The first-order chi connectivity index (χ1) is 8.90. The van der Waals surface area contributed by atoms with Crippen LogP contribution < -0.4 is 0 Å². The summed E-state index contributed by atoms with van der Waals surface area (Å²) in [5.41, 5.74) is 0. The second-order valence-corrected chi connectivity index (χ2v) is 5.05. The lowest BCUT2D eigenvalue weighted by Gasteiger charge is -2.10. The number of rotatable bonds is 9. The number of unbranched alkanes of at least 4 members (excludes halogenated alkanes) is 2. The second kappa shape index (κ2) is 9.51. The Bertz CT molecular complexity index is 331. The summed E-state index contributed by atoms with van der Waals surface area (Å²) in [5, 5.41) is 17.8. The van der Waals surface area contributed by atoms with Crippen LogP contribution in [0.25, 0.3) is 0 Å². The van der Waals surface area contributed by atoms with Crippen molar-refractivity contribution in [1.82, 2.24) is 0 Å². The Balaban J connectivity index is 3.91. The number of aliphatic hydroxyl groups excluding tert-OH is 1. The fourth-order valence-electron chi connectivity index (χ4n) is 1.56. The minimum absolute atomic E-state index is 0.211. The van der Waals surface area contributed by atoms with E-state index < -0.39 is 23.8 Å². The Labute approximate surface area is 114 Å². The largest absolute Gasteiger partial charge is 0.464 e. The third kappa shape index (κ3) is 7.58. The quantitative estimate of drug-likeness (QED) is 0.392. The molecule has 5 nitrogen and oxygen atoms in total. The highest BCUT2D eigenvalue weighted by molar-refractivity contribution is 6.03. The molecule has 0 aliphatic rings. The van der Waals surface area contributed by atoms with Gasteiger partial charge in [-0.1, -0.05) is 33.1 Å². The summed E-state index contributed by atoms with van der Waals surface area (Å²) in [6, 6.07) is 1.57. The third-order valence-corrected chi connectivity index (χ3v) is 2.73. The molecule has 0 rings (SSSR count). The molecule has 0 heterocycles. The zero-order valence-electron chi connectivity index (χ0n) is 11.9. The van der Waals surface area contributed by atoms with Crippen molar-refractivity contribution in [2.24, 2.45) is 11.8 Å². The molecule has 2 atom stereocenters. The van der Waals surface area contributed by atoms with Gasteiger partial charge in [-0.15, -0.1) is 0 Å². The van der Waals surface area contributed by atoms with Crippen LogP contribution in [0.15, 0.2) is 0 Å². The van der Waals surface area contributed by atoms with Crippen LogP contribution in [0.4, 0.5) is 0 Å². The predicted octanol–water partition coefficient (Wildman–Crippen LogP) is 1.84. The van der Waals surface area contributed by atoms with Crippen molar-refractivity contribution in [3.05, 3.63) is 0 Å². The molecule has 2 unspecified atom stereocenters. The van der Waals surface area contributed by atoms with Crippen LogP contribution in [0.1, 0.15) is 46.5 Å². The lowest BCUT2D eigenvalue weighted by molar-refractivity contribution is -0.151. The smallest absolute Gasteiger partial charge is 0.331 e. The van der Waals surface area contributed by atoms with E-state index in [1.807, 2.05) is 0 Å². The average molecular weight is 269 g/mol. The number of hydrogen-bond acceptors (Lipinski definition) is 5. The number of aliphatic hydroxyl groups is 1. The molecule has 0 amide bonds. The molecule has 108 valence electrons. The molecule has 0 radical (unpaired) electrons. The van der Waals surface area contributed by atoms with Gasteiger partial charge >= 0.3 is 5.97 Å². The SMILES string of the molecule is CC(C)CCCCCOC(=O)C(C#N)C(=O)C(C)O. The Kier molecular flexibility index (Phi) is 8.81. The number of hydrogen-bond donors (Lipinski definition) is 1. The lowest BCUT2D eigenvalue weighted by atomic mass is 10.0. The van der Waals surface area contributed by atoms with Crippen molar-refractivity contribution < 1.29 is 19.4 Å². The van der Waals surface area contributed by atoms with E-state index in [0.717, 1.165) is 25.7 Å². The monoisotopic (exact) mass is 269 g/mol. The minimum atomic E-state index is -1.52. The number of carbonyl (C=O) groups excluding carboxylic acids is 2. The van der Waals surface area contributed by atoms with Gasteiger partial charge in [-0.25, -0.2) is 0 Å². The molecule has 0 fully saturated rings. The van der Waals surface area contributed by atoms with Crippen molar-refractivity contribution in [1.29, 1.82) is 5.26 Å². The van der Waals surface area contributed by atoms with Crippen molar-refractivity contribution in [3.63, 3.8) is 0 Å². The van der Waals surface area contributed by atoms with Gasteiger partial charge in [-0.3, -0.25) is 9.59 Å². The Morgan fingerprint density at radius 1 is 1.21 bits per heavy atom. The highest BCUT2D eigenvalue weighted by atomic mass is 16.5. The van der Waals surface area contributed by atoms with Crippen LogP contribution in [0, 0.1) is 23.2 Å². The number of nitriles is 1. The maximum absolute atomic E-state index is 11.5. The van der Waals surface area contributed by atoms with E-state index in [1.165, 1.54) is 6.92 Å². The topological polar surface area (TPSA) is 87.4 Å². The molecule has 0 aliphatic heterocycles. The van der Waals surface area contributed by atoms with E-state index in [-0.39, 0.29) is 6.61 Å². The molecule has 5 heteroatoms. The first kappa shape index (κ1) is 17.6. The third-order valence-electron chi connectivity index (χ3n) is 2.73. The molecule has 0 saturated carbocycles. The Hall–Kier alpha value is -1.41. The van der Waals surface area contributed by atoms with Crippen molar-refractivity contribution >= 4 is 11.8 Å². The summed E-state index contributed by atoms with van der Waals surface area (Å²) >= 11 is 0. The lowest BCUT2D eigenvalue weighted by Crippen LogP contribution is -2.32. The van der Waals surface area contributed by atoms with E-state index in [9.17, 15) is 9.59 Å². The van der Waals surface area contributed by atoms with Crippen molar-refractivity contribution in [3.8, 4) is 6.07 Å². The van der Waals surface area contributed by atoms with Gasteiger partial charge in [0.25, 0.3) is 0 Å². The standard InChI is InChI=1S/C14H23NO4/c1-10(2)7-5-4-6-8-19-14(18)12(9-15)13(17)11(3)16/h10-12,16H,4-8H2,1-3H3. The number of esters is 1. The summed E-state index contributed by atoms with van der Waals surface area (Å²) in [6.45, 7) is 5.74. The van der Waals surface area contributed by atoms with Crippen LogP contribution >= 0.6 is 0 Å². The fourth-order valence-corrected chi connectivity index (χ4v) is 1.56. The first-order valence-corrected chi connectivity index (χ1v) is 6.68. The maximum atomic E-state index is 11.5. The first-order valence-electron chi connectivity index (χ1n) is 6.68. The zero-order valence-corrected chi connectivity index (χ0v) is 11.9. The highest BCUT2D eigenvalue weighted by Gasteiger charge is 2.30. The molecular formula is C14H23NO4. The summed E-state index contributed by atoms with van der Waals surface area (Å²) in [5.74, 6) is -2.53. The highest BCUT2D eigenvalue weighted by Crippen LogP contribution is 2.09. The summed E-state index contributed by atoms with van der Waals surface area (Å²) in [7, 11) is 0. The number of ketones is 1. The Morgan fingerprint density at radius 2 is 1.84 bits per heavy atom. The van der Waals surface area contributed by atoms with Crippen LogP contribution in [0.2, 0.25) is 0 Å². The molecule has 19 heavy (non-hydrogen) atoms. The molecule has 0 aromatic rings. The van der Waals surface area contributed by atoms with Crippen LogP contribution in [0.5, 0.6) is 0 Å². The molecule has 0 aromatic heterocycles. The molecule has 0 spiro atoms. The minimum Gasteiger partial charge on any atom is -0.464 e. The van der Waals surface area contributed by atoms with Gasteiger partial charge in [-0.2, -0.15) is 5.26 Å². The van der Waals surface area contributed by atoms with Crippen molar-refractivity contribution in [2.75, 3.05) is 6.61 Å². The van der Waals surface area contributed by atoms with Gasteiger partial charge in [0.05, 0.1) is 12.7 Å². The van der Waals surface area contributed by atoms with Crippen LogP contribution in [-0.2, 0) is 14.3 Å². The summed E-state index contributed by atoms with van der Waals surface area (Å²) < 4.78 is 4.88. The normalized spacial score (nSPS) is 13.7. The molecule has 0 aromatic carbocycles. The Morgan fingerprint density at radius 3 is 2.32 bits per heavy atom. The molecule has 0 bridgehead atoms. The van der Waals surface area contributed by atoms with Gasteiger partial charge in [-0.05, 0) is 19.3 Å². The molecular weight excluding hydrogens is 246 g/mol. The van der Waals surface area contributed by atoms with E-state index in [1.54, 1.807) is 6.07 Å². The van der Waals surface area contributed by atoms with Crippen LogP contribution in [-0.4, -0.2) is 29.6 Å². The van der Waals surface area contributed by atoms with Crippen molar-refractivity contribution in [2.45, 2.75) is 52.6 Å². The number of ether oxygens (including phenoxy) is 1. The van der Waals surface area contributed by atoms with Gasteiger partial charge in [0.1, 0.15) is 6.10 Å². The number of Topliss-reactive ketones (excluding diaryl/α,β-unsaturated/α-hetero) is 1. The predicted molar refractivity (Wildman–Crippen MR) is 70.1 cm³/mol. The van der Waals surface area contributed by atoms with Crippen LogP contribution in [0.3, 0.4) is 0 Å². The second-order valence-electron chi connectivity index (χ2n) is 5.05. The average Bonchev–Trinajstić information content (AvgIpc) is 2.33. The molecule has 1 N–H and O–H groups in total. The number of carbonyl (C=O) groups is 2. The van der Waals surface area contributed by atoms with E-state index in [0.29, 0.717) is 5.92 Å². The van der Waals surface area contributed by atoms with Gasteiger partial charge < -0.3 is 9.84 Å². The van der Waals surface area contributed by atoms with E-state index in [4.69, 9.17) is 15.1 Å². The van der Waals surface area contributed by atoms with Gasteiger partial charge in [0, 0.05) is 0 Å². The van der Waals surface area contributed by atoms with E-state index >= 15 is 0 Å². The number of nitrogens with zero attached hydrogens (tertiary/aromatic N) is 1. The summed E-state index contributed by atoms with van der Waals surface area (Å²) in [6.07, 6.45) is 2.55. The van der Waals surface area contributed by atoms with E-state index in [2.05, 4.69) is 13.8 Å². The molecule has 0 saturated heterocycles. The molecule has 0 aliphatic carbocycles. The summed E-state index contributed by atoms with van der Waals surface area (Å²) in [4.78, 5) is 22.8. The van der Waals surface area contributed by atoms with Gasteiger partial charge in [0.2, 0.25) is 5.92 Å². The maximum Gasteiger partial charge on any atom is 0.331 e. The zero-order chi connectivity index (χ0) is 14.8. The fraction of sp³-hybridized carbons (Fsp3) is 0.786. The van der Waals surface area contributed by atoms with Gasteiger partial charge in [0.15, 0.2) is 5.78 Å².